The van der Waals surface area contributed by atoms with Crippen molar-refractivity contribution in [2.45, 2.75) is 20.3 Å². The molecular weight excluding hydrogens is 277 g/mol. The molecule has 0 bridgehead atoms. The molecule has 0 aliphatic heterocycles. The maximum atomic E-state index is 11.7. The van der Waals surface area contributed by atoms with E-state index < -0.39 is 11.4 Å². The van der Waals surface area contributed by atoms with E-state index in [1.165, 1.54) is 19.9 Å². The number of halogens is 2. The Balaban J connectivity index is 2.71. The van der Waals surface area contributed by atoms with Gasteiger partial charge in [0.25, 0.3) is 0 Å². The summed E-state index contributed by atoms with van der Waals surface area (Å²) in [6.45, 7) is 2.98. The van der Waals surface area contributed by atoms with Crippen molar-refractivity contribution in [3.05, 3.63) is 28.2 Å². The van der Waals surface area contributed by atoms with E-state index in [0.29, 0.717) is 15.7 Å². The number of carbonyl (C=O) groups is 2. The zero-order valence-electron chi connectivity index (χ0n) is 9.96. The third-order valence-corrected chi connectivity index (χ3v) is 3.12. The van der Waals surface area contributed by atoms with Gasteiger partial charge >= 0.3 is 5.97 Å². The molecule has 98 valence electrons. The van der Waals surface area contributed by atoms with Crippen molar-refractivity contribution in [1.29, 1.82) is 0 Å². The van der Waals surface area contributed by atoms with E-state index >= 15 is 0 Å². The van der Waals surface area contributed by atoms with Crippen molar-refractivity contribution in [3.8, 4) is 0 Å². The molecule has 0 heterocycles. The number of carboxylic acids is 1. The highest BCUT2D eigenvalue weighted by Gasteiger charge is 2.30. The van der Waals surface area contributed by atoms with E-state index in [1.807, 2.05) is 0 Å². The molecule has 0 saturated carbocycles. The van der Waals surface area contributed by atoms with Crippen molar-refractivity contribution in [2.24, 2.45) is 5.41 Å². The number of aliphatic carboxylic acids is 1. The summed E-state index contributed by atoms with van der Waals surface area (Å²) in [6.07, 6.45) is -0.122. The first-order valence-electron chi connectivity index (χ1n) is 5.20. The minimum atomic E-state index is -1.11. The summed E-state index contributed by atoms with van der Waals surface area (Å²) < 4.78 is 0. The van der Waals surface area contributed by atoms with E-state index in [4.69, 9.17) is 28.3 Å². The molecule has 1 rings (SSSR count). The molecule has 4 nitrogen and oxygen atoms in total. The summed E-state index contributed by atoms with van der Waals surface area (Å²) in [5.74, 6) is -1.41. The number of carbonyl (C=O) groups excluding carboxylic acids is 1. The Morgan fingerprint density at radius 2 is 1.89 bits per heavy atom. The van der Waals surface area contributed by atoms with Crippen LogP contribution in [0.25, 0.3) is 0 Å². The van der Waals surface area contributed by atoms with Gasteiger partial charge in [-0.25, -0.2) is 0 Å². The lowest BCUT2D eigenvalue weighted by Gasteiger charge is -2.18. The van der Waals surface area contributed by atoms with Gasteiger partial charge < -0.3 is 10.4 Å². The Kier molecular flexibility index (Phi) is 4.59. The number of benzene rings is 1. The van der Waals surface area contributed by atoms with Crippen LogP contribution in [-0.2, 0) is 9.59 Å². The van der Waals surface area contributed by atoms with Crippen LogP contribution in [0, 0.1) is 5.41 Å². The first-order valence-corrected chi connectivity index (χ1v) is 5.96. The second kappa shape index (κ2) is 5.59. The highest BCUT2D eigenvalue weighted by atomic mass is 35.5. The van der Waals surface area contributed by atoms with Crippen molar-refractivity contribution in [1.82, 2.24) is 0 Å². The third kappa shape index (κ3) is 3.89. The van der Waals surface area contributed by atoms with Gasteiger partial charge in [0.05, 0.1) is 15.5 Å². The summed E-state index contributed by atoms with van der Waals surface area (Å²) in [5.41, 5.74) is -0.629. The lowest BCUT2D eigenvalue weighted by molar-refractivity contribution is -0.148. The van der Waals surface area contributed by atoms with Crippen LogP contribution in [0.5, 0.6) is 0 Å². The van der Waals surface area contributed by atoms with Crippen LogP contribution >= 0.6 is 23.2 Å². The van der Waals surface area contributed by atoms with Crippen molar-refractivity contribution in [2.75, 3.05) is 5.32 Å². The molecule has 0 aliphatic rings. The number of rotatable bonds is 4. The number of hydrogen-bond acceptors (Lipinski definition) is 2. The fraction of sp³-hybridized carbons (Fsp3) is 0.333. The van der Waals surface area contributed by atoms with Crippen LogP contribution in [-0.4, -0.2) is 17.0 Å². The molecule has 0 saturated heterocycles. The van der Waals surface area contributed by atoms with E-state index in [2.05, 4.69) is 5.32 Å². The molecule has 6 heteroatoms. The summed E-state index contributed by atoms with van der Waals surface area (Å²) in [4.78, 5) is 22.6. The largest absolute Gasteiger partial charge is 0.481 e. The molecule has 0 aromatic heterocycles. The number of amides is 1. The molecule has 0 radical (unpaired) electrons. The van der Waals surface area contributed by atoms with E-state index in [1.54, 1.807) is 12.1 Å². The number of hydrogen-bond donors (Lipinski definition) is 2. The topological polar surface area (TPSA) is 66.4 Å². The third-order valence-electron chi connectivity index (χ3n) is 2.38. The van der Waals surface area contributed by atoms with Gasteiger partial charge in [0.1, 0.15) is 0 Å². The van der Waals surface area contributed by atoms with Gasteiger partial charge in [0.15, 0.2) is 0 Å². The van der Waals surface area contributed by atoms with E-state index in [-0.39, 0.29) is 12.3 Å². The Morgan fingerprint density at radius 1 is 1.28 bits per heavy atom. The van der Waals surface area contributed by atoms with Gasteiger partial charge in [-0.15, -0.1) is 0 Å². The van der Waals surface area contributed by atoms with Crippen LogP contribution in [0.3, 0.4) is 0 Å². The lowest BCUT2D eigenvalue weighted by atomic mass is 9.89. The fourth-order valence-corrected chi connectivity index (χ4v) is 1.55. The molecule has 0 atom stereocenters. The number of carboxylic acid groups (broad SMARTS) is 1. The van der Waals surface area contributed by atoms with Crippen LogP contribution < -0.4 is 5.32 Å². The second-order valence-electron chi connectivity index (χ2n) is 4.54. The molecule has 0 fully saturated rings. The van der Waals surface area contributed by atoms with Gasteiger partial charge in [-0.3, -0.25) is 9.59 Å². The minimum absolute atomic E-state index is 0.122. The molecular formula is C12H13Cl2NO3. The molecule has 0 spiro atoms. The zero-order valence-corrected chi connectivity index (χ0v) is 11.5. The average molecular weight is 290 g/mol. The predicted molar refractivity (Wildman–Crippen MR) is 71.1 cm³/mol. The number of anilines is 1. The lowest BCUT2D eigenvalue weighted by Crippen LogP contribution is -2.29. The van der Waals surface area contributed by atoms with Crippen LogP contribution in [0.1, 0.15) is 20.3 Å². The van der Waals surface area contributed by atoms with E-state index in [9.17, 15) is 9.59 Å². The maximum Gasteiger partial charge on any atom is 0.309 e. The van der Waals surface area contributed by atoms with Gasteiger partial charge in [0, 0.05) is 12.1 Å². The predicted octanol–water partition coefficient (Wildman–Crippen LogP) is 3.43. The Labute approximate surface area is 115 Å². The van der Waals surface area contributed by atoms with Crippen LogP contribution in [0.2, 0.25) is 10.0 Å². The molecule has 1 aromatic rings. The zero-order chi connectivity index (χ0) is 13.9. The van der Waals surface area contributed by atoms with Crippen molar-refractivity contribution < 1.29 is 14.7 Å². The Hall–Kier alpha value is -1.26. The minimum Gasteiger partial charge on any atom is -0.481 e. The summed E-state index contributed by atoms with van der Waals surface area (Å²) in [5, 5.41) is 12.2. The highest BCUT2D eigenvalue weighted by Crippen LogP contribution is 2.26. The Morgan fingerprint density at radius 3 is 2.39 bits per heavy atom. The van der Waals surface area contributed by atoms with Gasteiger partial charge in [0.2, 0.25) is 5.91 Å². The fourth-order valence-electron chi connectivity index (χ4n) is 1.26. The summed E-state index contributed by atoms with van der Waals surface area (Å²) in [7, 11) is 0. The van der Waals surface area contributed by atoms with Crippen LogP contribution in [0.4, 0.5) is 5.69 Å². The van der Waals surface area contributed by atoms with Crippen molar-refractivity contribution >= 4 is 40.8 Å². The number of nitrogens with one attached hydrogen (secondary N) is 1. The second-order valence-corrected chi connectivity index (χ2v) is 5.36. The van der Waals surface area contributed by atoms with Gasteiger partial charge in [-0.1, -0.05) is 23.2 Å². The molecule has 1 aromatic carbocycles. The molecule has 18 heavy (non-hydrogen) atoms. The summed E-state index contributed by atoms with van der Waals surface area (Å²) >= 11 is 11.5. The van der Waals surface area contributed by atoms with Gasteiger partial charge in [-0.2, -0.15) is 0 Å². The normalized spacial score (nSPS) is 11.1. The maximum absolute atomic E-state index is 11.7. The Bertz CT molecular complexity index is 486. The van der Waals surface area contributed by atoms with Crippen molar-refractivity contribution in [3.63, 3.8) is 0 Å². The van der Waals surface area contributed by atoms with Gasteiger partial charge in [-0.05, 0) is 32.0 Å². The first kappa shape index (κ1) is 14.8. The highest BCUT2D eigenvalue weighted by molar-refractivity contribution is 6.42. The van der Waals surface area contributed by atoms with E-state index in [0.717, 1.165) is 0 Å². The van der Waals surface area contributed by atoms with Crippen LogP contribution in [0.15, 0.2) is 18.2 Å². The summed E-state index contributed by atoms with van der Waals surface area (Å²) in [6, 6.07) is 4.66. The molecule has 0 aliphatic carbocycles. The first-order chi connectivity index (χ1) is 8.22. The monoisotopic (exact) mass is 289 g/mol. The quantitative estimate of drug-likeness (QED) is 0.892. The molecule has 2 N–H and O–H groups in total. The smallest absolute Gasteiger partial charge is 0.309 e. The SMILES string of the molecule is CC(C)(CC(=O)Nc1ccc(Cl)c(Cl)c1)C(=O)O. The average Bonchev–Trinajstić information content (AvgIpc) is 2.22. The molecule has 1 amide bonds. The standard InChI is InChI=1S/C12H13Cl2NO3/c1-12(2,11(17)18)6-10(16)15-7-3-4-8(13)9(14)5-7/h3-5H,6H2,1-2H3,(H,15,16)(H,17,18). The molecule has 0 unspecified atom stereocenters.